The van der Waals surface area contributed by atoms with Gasteiger partial charge in [0, 0.05) is 18.2 Å². The lowest BCUT2D eigenvalue weighted by molar-refractivity contribution is -0.134. The smallest absolute Gasteiger partial charge is 0.325 e. The lowest BCUT2D eigenvalue weighted by atomic mass is 10.0. The first-order valence-corrected chi connectivity index (χ1v) is 8.50. The number of benzene rings is 1. The van der Waals surface area contributed by atoms with Crippen molar-refractivity contribution in [3.05, 3.63) is 23.8 Å². The summed E-state index contributed by atoms with van der Waals surface area (Å²) in [5.41, 5.74) is 1.05. The van der Waals surface area contributed by atoms with Crippen molar-refractivity contribution >= 4 is 34.3 Å². The molecule has 1 aromatic rings. The van der Waals surface area contributed by atoms with Gasteiger partial charge in [-0.3, -0.25) is 4.79 Å². The minimum absolute atomic E-state index is 0. The molecule has 0 saturated carbocycles. The molecule has 6 heteroatoms. The molecule has 3 atom stereocenters. The van der Waals surface area contributed by atoms with Gasteiger partial charge in [0.05, 0.1) is 0 Å². The topological polar surface area (TPSA) is 47.6 Å². The summed E-state index contributed by atoms with van der Waals surface area (Å²) in [5.74, 6) is 1.23. The average Bonchev–Trinajstić information content (AvgIpc) is 2.80. The first-order chi connectivity index (χ1) is 10.2. The fraction of sp³-hybridized carbons (Fsp3) is 0.562. The molecular weight excluding hydrogens is 370 g/mol. The van der Waals surface area contributed by atoms with Gasteiger partial charge in [-0.15, -0.1) is 12.4 Å². The third-order valence-electron chi connectivity index (χ3n) is 4.64. The van der Waals surface area contributed by atoms with E-state index in [0.717, 1.165) is 24.2 Å². The van der Waals surface area contributed by atoms with Gasteiger partial charge in [0.1, 0.15) is 22.4 Å². The molecule has 4 rings (SSSR count). The van der Waals surface area contributed by atoms with E-state index >= 15 is 0 Å². The minimum Gasteiger partial charge on any atom is -0.490 e. The zero-order valence-electron chi connectivity index (χ0n) is 12.1. The number of ether oxygens (including phenoxy) is 2. The number of rotatable bonds is 2. The fourth-order valence-electron chi connectivity index (χ4n) is 3.61. The van der Waals surface area contributed by atoms with Gasteiger partial charge >= 0.3 is 5.97 Å². The maximum atomic E-state index is 11.6. The molecule has 3 unspecified atom stereocenters. The Labute approximate surface area is 144 Å². The van der Waals surface area contributed by atoms with E-state index in [2.05, 4.69) is 21.2 Å². The molecule has 1 N–H and O–H groups in total. The molecule has 0 aliphatic carbocycles. The molecule has 3 aliphatic heterocycles. The molecule has 0 aromatic heterocycles. The van der Waals surface area contributed by atoms with Crippen LogP contribution in [0.1, 0.15) is 31.2 Å². The minimum atomic E-state index is -0.239. The second kappa shape index (κ2) is 6.38. The summed E-state index contributed by atoms with van der Waals surface area (Å²) < 4.78 is 11.5. The summed E-state index contributed by atoms with van der Waals surface area (Å²) in [6.45, 7) is 0. The number of halogens is 2. The van der Waals surface area contributed by atoms with E-state index in [1.807, 2.05) is 18.2 Å². The highest BCUT2D eigenvalue weighted by molar-refractivity contribution is 9.10. The van der Waals surface area contributed by atoms with Crippen molar-refractivity contribution in [3.63, 3.8) is 0 Å². The van der Waals surface area contributed by atoms with E-state index in [4.69, 9.17) is 9.47 Å². The van der Waals surface area contributed by atoms with Crippen LogP contribution in [0.3, 0.4) is 0 Å². The molecule has 3 heterocycles. The molecule has 3 aliphatic rings. The Balaban J connectivity index is 0.00000144. The largest absolute Gasteiger partial charge is 0.490 e. The van der Waals surface area contributed by atoms with Gasteiger partial charge in [0.2, 0.25) is 0 Å². The van der Waals surface area contributed by atoms with Crippen LogP contribution in [-0.4, -0.2) is 29.0 Å². The highest BCUT2D eigenvalue weighted by Crippen LogP contribution is 2.34. The highest BCUT2D eigenvalue weighted by Gasteiger charge is 2.34. The Morgan fingerprint density at radius 3 is 2.68 bits per heavy atom. The summed E-state index contributed by atoms with van der Waals surface area (Å²) in [5, 5.41) is 3.61. The third kappa shape index (κ3) is 3.12. The number of esters is 1. The standard InChI is InChI=1S/C16H18BrNO3.ClH/c17-14-5-9-1-4-12(8-15(9)21-16(14)19)20-13-6-10-2-3-11(7-13)18-10;/h1,4,8,10-11,13-14,18H,2-3,5-7H2;1H. The molecule has 0 radical (unpaired) electrons. The summed E-state index contributed by atoms with van der Waals surface area (Å²) >= 11 is 3.33. The van der Waals surface area contributed by atoms with Crippen LogP contribution in [0.15, 0.2) is 18.2 Å². The molecule has 2 saturated heterocycles. The van der Waals surface area contributed by atoms with Crippen molar-refractivity contribution in [2.45, 2.75) is 55.1 Å². The number of piperidine rings is 1. The van der Waals surface area contributed by atoms with Gasteiger partial charge in [-0.2, -0.15) is 0 Å². The molecule has 2 bridgehead atoms. The van der Waals surface area contributed by atoms with E-state index in [9.17, 15) is 4.79 Å². The van der Waals surface area contributed by atoms with Crippen LogP contribution in [0, 0.1) is 0 Å². The average molecular weight is 389 g/mol. The quantitative estimate of drug-likeness (QED) is 0.481. The van der Waals surface area contributed by atoms with Crippen molar-refractivity contribution in [2.24, 2.45) is 0 Å². The maximum absolute atomic E-state index is 11.6. The number of hydrogen-bond acceptors (Lipinski definition) is 4. The Bertz CT molecular complexity index is 571. The van der Waals surface area contributed by atoms with Crippen LogP contribution in [0.4, 0.5) is 0 Å². The Kier molecular flexibility index (Phi) is 4.67. The van der Waals surface area contributed by atoms with Crippen molar-refractivity contribution < 1.29 is 14.3 Å². The van der Waals surface area contributed by atoms with Crippen LogP contribution in [-0.2, 0) is 11.2 Å². The van der Waals surface area contributed by atoms with Crippen LogP contribution < -0.4 is 14.8 Å². The number of carbonyl (C=O) groups is 1. The maximum Gasteiger partial charge on any atom is 0.325 e. The van der Waals surface area contributed by atoms with Crippen LogP contribution >= 0.6 is 28.3 Å². The number of hydrogen-bond donors (Lipinski definition) is 1. The molecule has 1 aromatic carbocycles. The number of carbonyl (C=O) groups excluding carboxylic acids is 1. The second-order valence-electron chi connectivity index (χ2n) is 6.21. The van der Waals surface area contributed by atoms with E-state index in [1.165, 1.54) is 12.8 Å². The number of fused-ring (bicyclic) bond motifs is 3. The van der Waals surface area contributed by atoms with E-state index in [-0.39, 0.29) is 29.3 Å². The lowest BCUT2D eigenvalue weighted by Crippen LogP contribution is -2.42. The number of alkyl halides is 1. The molecule has 2 fully saturated rings. The predicted octanol–water partition coefficient (Wildman–Crippen LogP) is 3.00. The summed E-state index contributed by atoms with van der Waals surface area (Å²) in [6, 6.07) is 7.07. The van der Waals surface area contributed by atoms with Crippen LogP contribution in [0.25, 0.3) is 0 Å². The monoisotopic (exact) mass is 387 g/mol. The Morgan fingerprint density at radius 1 is 1.23 bits per heavy atom. The van der Waals surface area contributed by atoms with Gasteiger partial charge in [0.25, 0.3) is 0 Å². The molecule has 0 amide bonds. The van der Waals surface area contributed by atoms with E-state index in [1.54, 1.807) is 0 Å². The highest BCUT2D eigenvalue weighted by atomic mass is 79.9. The predicted molar refractivity (Wildman–Crippen MR) is 89.3 cm³/mol. The van der Waals surface area contributed by atoms with Crippen molar-refractivity contribution in [2.75, 3.05) is 0 Å². The Morgan fingerprint density at radius 2 is 1.95 bits per heavy atom. The molecule has 22 heavy (non-hydrogen) atoms. The van der Waals surface area contributed by atoms with Gasteiger partial charge in [-0.25, -0.2) is 0 Å². The number of nitrogens with one attached hydrogen (secondary N) is 1. The molecule has 0 spiro atoms. The van der Waals surface area contributed by atoms with Gasteiger partial charge < -0.3 is 14.8 Å². The first-order valence-electron chi connectivity index (χ1n) is 7.59. The second-order valence-corrected chi connectivity index (χ2v) is 7.32. The summed E-state index contributed by atoms with van der Waals surface area (Å²) in [6.07, 6.45) is 5.60. The van der Waals surface area contributed by atoms with E-state index < -0.39 is 0 Å². The zero-order valence-corrected chi connectivity index (χ0v) is 14.5. The van der Waals surface area contributed by atoms with Crippen molar-refractivity contribution in [1.29, 1.82) is 0 Å². The fourth-order valence-corrected chi connectivity index (χ4v) is 4.06. The Hall–Kier alpha value is -0.780. The van der Waals surface area contributed by atoms with Crippen molar-refractivity contribution in [3.8, 4) is 11.5 Å². The first kappa shape index (κ1) is 16.1. The molecule has 4 nitrogen and oxygen atoms in total. The van der Waals surface area contributed by atoms with Crippen LogP contribution in [0.5, 0.6) is 11.5 Å². The van der Waals surface area contributed by atoms with Gasteiger partial charge in [0.15, 0.2) is 0 Å². The van der Waals surface area contributed by atoms with Gasteiger partial charge in [-0.05, 0) is 43.7 Å². The van der Waals surface area contributed by atoms with E-state index in [0.29, 0.717) is 24.3 Å². The third-order valence-corrected chi connectivity index (χ3v) is 5.33. The van der Waals surface area contributed by atoms with Crippen molar-refractivity contribution in [1.82, 2.24) is 5.32 Å². The zero-order chi connectivity index (χ0) is 14.4. The SMILES string of the molecule is Cl.O=C1Oc2cc(OC3CC4CCC(C3)N4)ccc2CC1Br. The molecule has 120 valence electrons. The summed E-state index contributed by atoms with van der Waals surface area (Å²) in [4.78, 5) is 11.4. The lowest BCUT2D eigenvalue weighted by Gasteiger charge is -2.30. The summed E-state index contributed by atoms with van der Waals surface area (Å²) in [7, 11) is 0. The van der Waals surface area contributed by atoms with Gasteiger partial charge in [-0.1, -0.05) is 22.0 Å². The molecular formula is C16H19BrClNO3. The normalized spacial score (nSPS) is 32.7. The van der Waals surface area contributed by atoms with Crippen LogP contribution in [0.2, 0.25) is 0 Å².